The largest absolute Gasteiger partial charge is 0.355 e. The second-order valence-corrected chi connectivity index (χ2v) is 4.83. The SMILES string of the molecule is CCCCC1CCNC(C(=O)NCCC)C1. The Hall–Kier alpha value is -0.570. The smallest absolute Gasteiger partial charge is 0.237 e. The van der Waals surface area contributed by atoms with E-state index in [0.29, 0.717) is 0 Å². The number of carbonyl (C=O) groups is 1. The topological polar surface area (TPSA) is 41.1 Å². The van der Waals surface area contributed by atoms with Crippen molar-refractivity contribution < 1.29 is 4.79 Å². The minimum atomic E-state index is 0.0576. The van der Waals surface area contributed by atoms with Crippen molar-refractivity contribution in [2.24, 2.45) is 5.92 Å². The van der Waals surface area contributed by atoms with Gasteiger partial charge in [0.25, 0.3) is 0 Å². The van der Waals surface area contributed by atoms with Crippen molar-refractivity contribution >= 4 is 5.91 Å². The van der Waals surface area contributed by atoms with Gasteiger partial charge in [-0.2, -0.15) is 0 Å². The molecule has 0 radical (unpaired) electrons. The first-order valence-electron chi connectivity index (χ1n) is 6.79. The van der Waals surface area contributed by atoms with Gasteiger partial charge in [0, 0.05) is 6.54 Å². The van der Waals surface area contributed by atoms with Crippen LogP contribution in [0.5, 0.6) is 0 Å². The minimum Gasteiger partial charge on any atom is -0.355 e. The Balaban J connectivity index is 2.28. The molecule has 1 fully saturated rings. The van der Waals surface area contributed by atoms with Crippen LogP contribution in [0, 0.1) is 5.92 Å². The van der Waals surface area contributed by atoms with Crippen molar-refractivity contribution in [3.05, 3.63) is 0 Å². The molecule has 1 aliphatic rings. The van der Waals surface area contributed by atoms with Crippen LogP contribution in [0.15, 0.2) is 0 Å². The Morgan fingerprint density at radius 1 is 1.38 bits per heavy atom. The van der Waals surface area contributed by atoms with Gasteiger partial charge in [0.2, 0.25) is 5.91 Å². The molecule has 2 atom stereocenters. The molecule has 0 saturated carbocycles. The van der Waals surface area contributed by atoms with Gasteiger partial charge in [-0.05, 0) is 31.7 Å². The van der Waals surface area contributed by atoms with E-state index < -0.39 is 0 Å². The highest BCUT2D eigenvalue weighted by molar-refractivity contribution is 5.81. The van der Waals surface area contributed by atoms with Crippen molar-refractivity contribution in [3.63, 3.8) is 0 Å². The quantitative estimate of drug-likeness (QED) is 0.728. The molecule has 1 aliphatic heterocycles. The van der Waals surface area contributed by atoms with Gasteiger partial charge in [-0.15, -0.1) is 0 Å². The summed E-state index contributed by atoms with van der Waals surface area (Å²) in [5.74, 6) is 0.946. The molecule has 2 N–H and O–H groups in total. The third-order valence-electron chi connectivity index (χ3n) is 3.34. The van der Waals surface area contributed by atoms with Crippen molar-refractivity contribution in [1.82, 2.24) is 10.6 Å². The lowest BCUT2D eigenvalue weighted by molar-refractivity contribution is -0.124. The van der Waals surface area contributed by atoms with Crippen molar-refractivity contribution in [2.75, 3.05) is 13.1 Å². The first kappa shape index (κ1) is 13.5. The molecule has 1 rings (SSSR count). The summed E-state index contributed by atoms with van der Waals surface area (Å²) in [6, 6.07) is 0.0576. The highest BCUT2D eigenvalue weighted by Gasteiger charge is 2.25. The number of nitrogens with one attached hydrogen (secondary N) is 2. The molecular formula is C13H26N2O. The number of unbranched alkanes of at least 4 members (excludes halogenated alkanes) is 1. The standard InChI is InChI=1S/C13H26N2O/c1-3-5-6-11-7-9-14-12(10-11)13(16)15-8-4-2/h11-12,14H,3-10H2,1-2H3,(H,15,16). The van der Waals surface area contributed by atoms with Gasteiger partial charge in [-0.1, -0.05) is 33.1 Å². The van der Waals surface area contributed by atoms with Crippen LogP contribution < -0.4 is 10.6 Å². The summed E-state index contributed by atoms with van der Waals surface area (Å²) < 4.78 is 0. The van der Waals surface area contributed by atoms with Gasteiger partial charge in [-0.25, -0.2) is 0 Å². The Morgan fingerprint density at radius 2 is 2.19 bits per heavy atom. The van der Waals surface area contributed by atoms with Crippen LogP contribution in [-0.2, 0) is 4.79 Å². The fraction of sp³-hybridized carbons (Fsp3) is 0.923. The Bertz CT molecular complexity index is 206. The lowest BCUT2D eigenvalue weighted by Crippen LogP contribution is -2.48. The van der Waals surface area contributed by atoms with Gasteiger partial charge in [0.05, 0.1) is 6.04 Å². The summed E-state index contributed by atoms with van der Waals surface area (Å²) >= 11 is 0. The van der Waals surface area contributed by atoms with Crippen LogP contribution in [0.3, 0.4) is 0 Å². The summed E-state index contributed by atoms with van der Waals surface area (Å²) in [5.41, 5.74) is 0. The molecule has 0 bridgehead atoms. The van der Waals surface area contributed by atoms with Gasteiger partial charge in [-0.3, -0.25) is 4.79 Å². The molecule has 1 heterocycles. The summed E-state index contributed by atoms with van der Waals surface area (Å²) in [6.45, 7) is 6.11. The summed E-state index contributed by atoms with van der Waals surface area (Å²) in [7, 11) is 0. The molecule has 3 heteroatoms. The van der Waals surface area contributed by atoms with E-state index in [4.69, 9.17) is 0 Å². The van der Waals surface area contributed by atoms with Crippen LogP contribution in [-0.4, -0.2) is 25.0 Å². The molecule has 1 saturated heterocycles. The van der Waals surface area contributed by atoms with Gasteiger partial charge >= 0.3 is 0 Å². The predicted octanol–water partition coefficient (Wildman–Crippen LogP) is 2.07. The van der Waals surface area contributed by atoms with Crippen LogP contribution in [0.25, 0.3) is 0 Å². The highest BCUT2D eigenvalue weighted by atomic mass is 16.2. The van der Waals surface area contributed by atoms with Crippen LogP contribution in [0.2, 0.25) is 0 Å². The molecule has 1 amide bonds. The number of rotatable bonds is 6. The fourth-order valence-electron chi connectivity index (χ4n) is 2.32. The molecule has 2 unspecified atom stereocenters. The molecular weight excluding hydrogens is 200 g/mol. The van der Waals surface area contributed by atoms with Crippen LogP contribution in [0.4, 0.5) is 0 Å². The molecule has 0 spiro atoms. The van der Waals surface area contributed by atoms with Crippen molar-refractivity contribution in [1.29, 1.82) is 0 Å². The van der Waals surface area contributed by atoms with Gasteiger partial charge < -0.3 is 10.6 Å². The molecule has 0 aromatic rings. The zero-order chi connectivity index (χ0) is 11.8. The number of amides is 1. The zero-order valence-electron chi connectivity index (χ0n) is 10.7. The maximum absolute atomic E-state index is 11.8. The maximum atomic E-state index is 11.8. The van der Waals surface area contributed by atoms with Gasteiger partial charge in [0.1, 0.15) is 0 Å². The molecule has 0 aliphatic carbocycles. The number of carbonyl (C=O) groups excluding carboxylic acids is 1. The molecule has 3 nitrogen and oxygen atoms in total. The Labute approximate surface area is 99.4 Å². The third-order valence-corrected chi connectivity index (χ3v) is 3.34. The molecule has 94 valence electrons. The summed E-state index contributed by atoms with van der Waals surface area (Å²) in [4.78, 5) is 11.8. The van der Waals surface area contributed by atoms with Gasteiger partial charge in [0.15, 0.2) is 0 Å². The van der Waals surface area contributed by atoms with E-state index >= 15 is 0 Å². The third kappa shape index (κ3) is 4.52. The average Bonchev–Trinajstić information content (AvgIpc) is 2.33. The first-order chi connectivity index (χ1) is 7.77. The van der Waals surface area contributed by atoms with Crippen LogP contribution >= 0.6 is 0 Å². The van der Waals surface area contributed by atoms with E-state index in [0.717, 1.165) is 31.8 Å². The van der Waals surface area contributed by atoms with E-state index in [9.17, 15) is 4.79 Å². The van der Waals surface area contributed by atoms with Crippen LogP contribution in [0.1, 0.15) is 52.4 Å². The average molecular weight is 226 g/mol. The second-order valence-electron chi connectivity index (χ2n) is 4.83. The van der Waals surface area contributed by atoms with E-state index in [1.165, 1.54) is 25.7 Å². The number of piperidine rings is 1. The predicted molar refractivity (Wildman–Crippen MR) is 67.3 cm³/mol. The van der Waals surface area contributed by atoms with Crippen molar-refractivity contribution in [2.45, 2.75) is 58.4 Å². The number of hydrogen-bond donors (Lipinski definition) is 2. The van der Waals surface area contributed by atoms with E-state index in [1.807, 2.05) is 0 Å². The second kappa shape index (κ2) is 7.66. The fourth-order valence-corrected chi connectivity index (χ4v) is 2.32. The monoisotopic (exact) mass is 226 g/mol. The Morgan fingerprint density at radius 3 is 2.88 bits per heavy atom. The summed E-state index contributed by atoms with van der Waals surface area (Å²) in [5, 5.41) is 6.30. The first-order valence-corrected chi connectivity index (χ1v) is 6.79. The Kier molecular flexibility index (Phi) is 6.46. The normalized spacial score (nSPS) is 25.4. The highest BCUT2D eigenvalue weighted by Crippen LogP contribution is 2.22. The number of hydrogen-bond acceptors (Lipinski definition) is 2. The minimum absolute atomic E-state index is 0.0576. The van der Waals surface area contributed by atoms with E-state index in [-0.39, 0.29) is 11.9 Å². The maximum Gasteiger partial charge on any atom is 0.237 e. The van der Waals surface area contributed by atoms with Crippen molar-refractivity contribution in [3.8, 4) is 0 Å². The summed E-state index contributed by atoms with van der Waals surface area (Å²) in [6.07, 6.45) is 7.12. The van der Waals surface area contributed by atoms with E-state index in [2.05, 4.69) is 24.5 Å². The molecule has 0 aromatic heterocycles. The lowest BCUT2D eigenvalue weighted by Gasteiger charge is -2.29. The van der Waals surface area contributed by atoms with E-state index in [1.54, 1.807) is 0 Å². The molecule has 0 aromatic carbocycles. The molecule has 16 heavy (non-hydrogen) atoms. The lowest BCUT2D eigenvalue weighted by atomic mass is 9.88. The zero-order valence-corrected chi connectivity index (χ0v) is 10.7.